The van der Waals surface area contributed by atoms with E-state index in [0.29, 0.717) is 18.8 Å². The number of rotatable bonds is 7. The highest BCUT2D eigenvalue weighted by molar-refractivity contribution is 7.23. The molecule has 3 aliphatic rings. The number of anilines is 2. The molecule has 0 radical (unpaired) electrons. The lowest BCUT2D eigenvalue weighted by Crippen LogP contribution is -2.41. The fraction of sp³-hybridized carbons (Fsp3) is 0.485. The summed E-state index contributed by atoms with van der Waals surface area (Å²) < 4.78 is 50.8. The number of likely N-dealkylation sites (tertiary alicyclic amines) is 1. The number of carbonyl (C=O) groups is 1. The van der Waals surface area contributed by atoms with Crippen LogP contribution in [0.5, 0.6) is 11.8 Å². The number of hydrogen-bond donors (Lipinski definition) is 2. The first-order chi connectivity index (χ1) is 22.9. The molecule has 256 valence electrons. The number of likely N-dealkylation sites (N-methyl/N-ethyl adjacent to an activating group) is 1. The van der Waals surface area contributed by atoms with Crippen LogP contribution >= 0.6 is 34.5 Å². The Hall–Kier alpha value is -3.23. The summed E-state index contributed by atoms with van der Waals surface area (Å²) in [7, 11) is 2.05. The van der Waals surface area contributed by atoms with Gasteiger partial charge in [0.2, 0.25) is 5.91 Å². The first kappa shape index (κ1) is 33.3. The van der Waals surface area contributed by atoms with Gasteiger partial charge in [0.15, 0.2) is 11.6 Å². The normalized spacial score (nSPS) is 22.0. The van der Waals surface area contributed by atoms with Gasteiger partial charge in [-0.1, -0.05) is 29.3 Å². The van der Waals surface area contributed by atoms with Gasteiger partial charge in [-0.25, -0.2) is 8.78 Å². The van der Waals surface area contributed by atoms with Gasteiger partial charge in [0.05, 0.1) is 39.3 Å². The van der Waals surface area contributed by atoms with Crippen LogP contribution < -0.4 is 25.4 Å². The van der Waals surface area contributed by atoms with E-state index in [4.69, 9.17) is 48.1 Å². The Morgan fingerprint density at radius 2 is 1.96 bits per heavy atom. The van der Waals surface area contributed by atoms with Crippen LogP contribution in [0, 0.1) is 11.6 Å². The van der Waals surface area contributed by atoms with Crippen molar-refractivity contribution in [2.45, 2.75) is 70.4 Å². The maximum absolute atomic E-state index is 17.2. The van der Waals surface area contributed by atoms with Crippen LogP contribution in [0.1, 0.15) is 40.0 Å². The second kappa shape index (κ2) is 12.9. The quantitative estimate of drug-likeness (QED) is 0.223. The average molecular weight is 722 g/mol. The third-order valence-corrected chi connectivity index (χ3v) is 11.3. The summed E-state index contributed by atoms with van der Waals surface area (Å²) in [6.07, 6.45) is 1.42. The minimum Gasteiger partial charge on any atom is -0.489 e. The standard InChI is InChI=1S/C33H36Cl2F2N6O4S/c1-14(2)39-32(44)20-12-16(13-46-20)43-10-11-45-28-23-27(40-33(41-31(23)43)47-15(3)19-6-5-9-42(19)4)26(37)21(24(28)34)17-7-8-18(36)29-22(17)25(35)30(38)48-29/h7-8,14-16,19-20H,5-6,9-13,38H2,1-4H3,(H,39,44)/t15-,16?,19-,20?/m0/s1. The van der Waals surface area contributed by atoms with Crippen molar-refractivity contribution in [2.24, 2.45) is 0 Å². The number of benzene rings is 2. The topological polar surface area (TPSA) is 115 Å². The van der Waals surface area contributed by atoms with E-state index in [-0.39, 0.29) is 102 Å². The number of nitrogens with zero attached hydrogens (tertiary/aromatic N) is 4. The Kier molecular flexibility index (Phi) is 8.95. The average Bonchev–Trinajstić information content (AvgIpc) is 3.74. The van der Waals surface area contributed by atoms with Crippen LogP contribution in [-0.4, -0.2) is 84.5 Å². The maximum Gasteiger partial charge on any atom is 0.319 e. The van der Waals surface area contributed by atoms with Gasteiger partial charge in [0, 0.05) is 29.5 Å². The molecule has 4 aromatic rings. The van der Waals surface area contributed by atoms with Crippen molar-refractivity contribution in [2.75, 3.05) is 44.0 Å². The third-order valence-electron chi connectivity index (χ3n) is 9.37. The van der Waals surface area contributed by atoms with Crippen LogP contribution in [-0.2, 0) is 9.53 Å². The number of nitrogens with one attached hydrogen (secondary N) is 1. The van der Waals surface area contributed by atoms with Crippen molar-refractivity contribution >= 4 is 72.3 Å². The molecule has 3 N–H and O–H groups in total. The zero-order chi connectivity index (χ0) is 34.0. The van der Waals surface area contributed by atoms with Gasteiger partial charge in [-0.15, -0.1) is 11.3 Å². The summed E-state index contributed by atoms with van der Waals surface area (Å²) in [5, 5.41) is 3.70. The molecule has 4 atom stereocenters. The van der Waals surface area contributed by atoms with Crippen molar-refractivity contribution in [3.05, 3.63) is 33.8 Å². The van der Waals surface area contributed by atoms with Gasteiger partial charge in [-0.05, 0) is 58.8 Å². The number of amides is 1. The highest BCUT2D eigenvalue weighted by Crippen LogP contribution is 2.52. The second-order valence-electron chi connectivity index (χ2n) is 12.9. The highest BCUT2D eigenvalue weighted by atomic mass is 35.5. The van der Waals surface area contributed by atoms with Crippen LogP contribution in [0.15, 0.2) is 12.1 Å². The first-order valence-corrected chi connectivity index (χ1v) is 17.6. The molecule has 2 aromatic carbocycles. The number of nitrogens with two attached hydrogens (primary N) is 1. The lowest BCUT2D eigenvalue weighted by Gasteiger charge is -2.29. The highest BCUT2D eigenvalue weighted by Gasteiger charge is 2.39. The molecule has 10 nitrogen and oxygen atoms in total. The Balaban J connectivity index is 1.40. The van der Waals surface area contributed by atoms with E-state index in [2.05, 4.69) is 15.2 Å². The van der Waals surface area contributed by atoms with E-state index in [0.717, 1.165) is 30.7 Å². The number of ether oxygens (including phenoxy) is 3. The van der Waals surface area contributed by atoms with Crippen molar-refractivity contribution in [3.63, 3.8) is 0 Å². The summed E-state index contributed by atoms with van der Waals surface area (Å²) in [5.41, 5.74) is 6.21. The Bertz CT molecular complexity index is 1930. The molecule has 2 saturated heterocycles. The van der Waals surface area contributed by atoms with Gasteiger partial charge < -0.3 is 30.2 Å². The van der Waals surface area contributed by atoms with E-state index in [1.165, 1.54) is 12.1 Å². The molecule has 5 heterocycles. The lowest BCUT2D eigenvalue weighted by molar-refractivity contribution is -0.130. The molecule has 0 spiro atoms. The fourth-order valence-corrected chi connectivity index (χ4v) is 8.69. The van der Waals surface area contributed by atoms with Crippen LogP contribution in [0.4, 0.5) is 19.6 Å². The van der Waals surface area contributed by atoms with Gasteiger partial charge in [0.25, 0.3) is 0 Å². The monoisotopic (exact) mass is 720 g/mol. The van der Waals surface area contributed by atoms with Crippen molar-refractivity contribution < 1.29 is 27.8 Å². The van der Waals surface area contributed by atoms with E-state index < -0.39 is 17.7 Å². The molecule has 0 saturated carbocycles. The predicted molar refractivity (Wildman–Crippen MR) is 185 cm³/mol. The Labute approximate surface area is 290 Å². The molecular formula is C33H36Cl2F2N6O4S. The molecule has 7 rings (SSSR count). The Morgan fingerprint density at radius 1 is 1.17 bits per heavy atom. The van der Waals surface area contributed by atoms with Gasteiger partial charge in [0.1, 0.15) is 41.0 Å². The van der Waals surface area contributed by atoms with E-state index in [1.807, 2.05) is 32.7 Å². The molecular weight excluding hydrogens is 685 g/mol. The molecule has 0 bridgehead atoms. The van der Waals surface area contributed by atoms with Crippen LogP contribution in [0.25, 0.3) is 32.1 Å². The predicted octanol–water partition coefficient (Wildman–Crippen LogP) is 6.42. The van der Waals surface area contributed by atoms with E-state index >= 15 is 4.39 Å². The lowest BCUT2D eigenvalue weighted by atomic mass is 9.98. The molecule has 48 heavy (non-hydrogen) atoms. The molecule has 0 aliphatic carbocycles. The minimum atomic E-state index is -0.769. The van der Waals surface area contributed by atoms with E-state index in [9.17, 15) is 9.18 Å². The van der Waals surface area contributed by atoms with Gasteiger partial charge in [-0.2, -0.15) is 9.97 Å². The summed E-state index contributed by atoms with van der Waals surface area (Å²) in [5.74, 6) is -0.954. The molecule has 15 heteroatoms. The largest absolute Gasteiger partial charge is 0.489 e. The molecule has 2 fully saturated rings. The molecule has 1 amide bonds. The van der Waals surface area contributed by atoms with Gasteiger partial charge >= 0.3 is 6.01 Å². The van der Waals surface area contributed by atoms with Crippen molar-refractivity contribution in [1.82, 2.24) is 20.2 Å². The van der Waals surface area contributed by atoms with Gasteiger partial charge in [-0.3, -0.25) is 9.69 Å². The third kappa shape index (κ3) is 5.67. The zero-order valence-corrected chi connectivity index (χ0v) is 29.2. The molecule has 3 aliphatic heterocycles. The summed E-state index contributed by atoms with van der Waals surface area (Å²) in [6, 6.07) is 2.46. The van der Waals surface area contributed by atoms with Crippen LogP contribution in [0.3, 0.4) is 0 Å². The number of aromatic nitrogens is 2. The number of nitrogen functional groups attached to an aromatic ring is 1. The first-order valence-electron chi connectivity index (χ1n) is 16.0. The summed E-state index contributed by atoms with van der Waals surface area (Å²) in [4.78, 5) is 26.5. The zero-order valence-electron chi connectivity index (χ0n) is 26.9. The Morgan fingerprint density at radius 3 is 2.69 bits per heavy atom. The van der Waals surface area contributed by atoms with Crippen molar-refractivity contribution in [1.29, 1.82) is 0 Å². The van der Waals surface area contributed by atoms with E-state index in [1.54, 1.807) is 0 Å². The summed E-state index contributed by atoms with van der Waals surface area (Å²) in [6.45, 7) is 7.44. The molecule has 2 unspecified atom stereocenters. The second-order valence-corrected chi connectivity index (χ2v) is 14.7. The number of fused-ring (bicyclic) bond motifs is 1. The van der Waals surface area contributed by atoms with Crippen LogP contribution in [0.2, 0.25) is 10.0 Å². The number of hydrogen-bond acceptors (Lipinski definition) is 10. The maximum atomic E-state index is 17.2. The van der Waals surface area contributed by atoms with Crippen molar-refractivity contribution in [3.8, 4) is 22.9 Å². The number of carbonyl (C=O) groups excluding carboxylic acids is 1. The number of thiophene rings is 1. The summed E-state index contributed by atoms with van der Waals surface area (Å²) >= 11 is 14.6. The minimum absolute atomic E-state index is 0.00889. The SMILES string of the molecule is CC(C)NC(=O)C1CC(N2CCOc3c(Cl)c(-c4ccc(F)c5sc(N)c(Cl)c45)c(F)c4nc(O[C@@H](C)[C@@H]5CCCN5C)nc2c34)CO1. The molecule has 2 aromatic heterocycles. The smallest absolute Gasteiger partial charge is 0.319 e. The number of halogens is 4. The fourth-order valence-electron chi connectivity index (χ4n) is 7.10.